The molecule has 1 radical (unpaired) electrons. The molecule has 8 heteroatoms. The molecule has 0 aromatic heterocycles. The van der Waals surface area contributed by atoms with Crippen molar-refractivity contribution in [3.05, 3.63) is 39.9 Å². The van der Waals surface area contributed by atoms with E-state index in [9.17, 15) is 14.9 Å². The number of nitro benzene ring substituents is 1. The predicted octanol–water partition coefficient (Wildman–Crippen LogP) is 0.449. The molecule has 0 aliphatic heterocycles. The topological polar surface area (TPSA) is 90.7 Å². The van der Waals surface area contributed by atoms with Crippen molar-refractivity contribution < 1.29 is 19.1 Å². The second kappa shape index (κ2) is 7.50. The normalized spacial score (nSPS) is 11.7. The lowest BCUT2D eigenvalue weighted by molar-refractivity contribution is -0.384. The molecule has 19 heavy (non-hydrogen) atoms. The van der Waals surface area contributed by atoms with Gasteiger partial charge in [0.25, 0.3) is 5.69 Å². The van der Waals surface area contributed by atoms with Crippen LogP contribution >= 0.6 is 0 Å². The Balaban J connectivity index is 2.80. The summed E-state index contributed by atoms with van der Waals surface area (Å²) in [7, 11) is 3.98. The van der Waals surface area contributed by atoms with Gasteiger partial charge in [-0.2, -0.15) is 0 Å². The third-order valence-electron chi connectivity index (χ3n) is 2.43. The molecule has 1 aromatic carbocycles. The second-order valence-electron chi connectivity index (χ2n) is 3.73. The van der Waals surface area contributed by atoms with E-state index >= 15 is 0 Å². The van der Waals surface area contributed by atoms with E-state index in [1.54, 1.807) is 12.1 Å². The lowest BCUT2D eigenvalue weighted by atomic mass is 10.0. The summed E-state index contributed by atoms with van der Waals surface area (Å²) in [5.74, 6) is -0.472. The van der Waals surface area contributed by atoms with Crippen molar-refractivity contribution in [2.45, 2.75) is 12.5 Å². The maximum atomic E-state index is 11.5. The standard InChI is InChI=1S/C11H14BN2O5/c1-18-11(15)10(13-12-19-2)7-8-4-3-5-9(6-8)14(16)17/h3-6,10,13H,7H2,1-2H3. The number of ether oxygens (including phenoxy) is 1. The van der Waals surface area contributed by atoms with Gasteiger partial charge >= 0.3 is 13.6 Å². The van der Waals surface area contributed by atoms with Crippen molar-refractivity contribution >= 4 is 19.3 Å². The van der Waals surface area contributed by atoms with E-state index in [1.807, 2.05) is 0 Å². The highest BCUT2D eigenvalue weighted by molar-refractivity contribution is 6.24. The average molecular weight is 265 g/mol. The van der Waals surface area contributed by atoms with Gasteiger partial charge < -0.3 is 14.6 Å². The first-order chi connectivity index (χ1) is 9.08. The predicted molar refractivity (Wildman–Crippen MR) is 68.5 cm³/mol. The minimum Gasteiger partial charge on any atom is -0.468 e. The van der Waals surface area contributed by atoms with Gasteiger partial charge in [0, 0.05) is 19.2 Å². The fourth-order valence-electron chi connectivity index (χ4n) is 1.54. The Bertz CT molecular complexity index is 454. The van der Waals surface area contributed by atoms with E-state index in [4.69, 9.17) is 4.65 Å². The summed E-state index contributed by atoms with van der Waals surface area (Å²) in [6.07, 6.45) is 0.258. The summed E-state index contributed by atoms with van der Waals surface area (Å²) >= 11 is 0. The highest BCUT2D eigenvalue weighted by Gasteiger charge is 2.20. The van der Waals surface area contributed by atoms with Gasteiger partial charge in [-0.3, -0.25) is 14.9 Å². The number of hydrogen-bond acceptors (Lipinski definition) is 6. The Morgan fingerprint density at radius 1 is 1.53 bits per heavy atom. The van der Waals surface area contributed by atoms with E-state index < -0.39 is 16.9 Å². The molecule has 0 amide bonds. The van der Waals surface area contributed by atoms with Crippen LogP contribution in [0.4, 0.5) is 5.69 Å². The number of rotatable bonds is 7. The summed E-state index contributed by atoms with van der Waals surface area (Å²) < 4.78 is 9.36. The van der Waals surface area contributed by atoms with Crippen LogP contribution in [-0.4, -0.2) is 38.8 Å². The average Bonchev–Trinajstić information content (AvgIpc) is 2.42. The van der Waals surface area contributed by atoms with Crippen LogP contribution in [-0.2, 0) is 20.6 Å². The van der Waals surface area contributed by atoms with E-state index in [-0.39, 0.29) is 12.1 Å². The summed E-state index contributed by atoms with van der Waals surface area (Å²) in [5, 5.41) is 13.4. The van der Waals surface area contributed by atoms with Crippen LogP contribution in [0.15, 0.2) is 24.3 Å². The first-order valence-electron chi connectivity index (χ1n) is 5.50. The van der Waals surface area contributed by atoms with Gasteiger partial charge in [-0.15, -0.1) is 0 Å². The molecule has 0 heterocycles. The minimum absolute atomic E-state index is 0.0168. The van der Waals surface area contributed by atoms with Crippen LogP contribution < -0.4 is 5.23 Å². The molecular formula is C11H14BN2O5. The number of nitro groups is 1. The van der Waals surface area contributed by atoms with Crippen molar-refractivity contribution in [2.75, 3.05) is 14.2 Å². The van der Waals surface area contributed by atoms with Gasteiger partial charge in [0.15, 0.2) is 0 Å². The van der Waals surface area contributed by atoms with Crippen molar-refractivity contribution in [3.63, 3.8) is 0 Å². The largest absolute Gasteiger partial charge is 0.468 e. The Kier molecular flexibility index (Phi) is 5.97. The highest BCUT2D eigenvalue weighted by atomic mass is 16.6. The second-order valence-corrected chi connectivity index (χ2v) is 3.73. The SMILES string of the molecule is CO[B]NC(Cc1cccc([N+](=O)[O-])c1)C(=O)OC. The summed E-state index contributed by atoms with van der Waals surface area (Å²) in [6.45, 7) is 0. The smallest absolute Gasteiger partial charge is 0.396 e. The maximum absolute atomic E-state index is 11.5. The molecule has 1 unspecified atom stereocenters. The van der Waals surface area contributed by atoms with Crippen molar-refractivity contribution in [3.8, 4) is 0 Å². The zero-order valence-electron chi connectivity index (χ0n) is 10.7. The monoisotopic (exact) mass is 265 g/mol. The number of nitrogens with one attached hydrogen (secondary N) is 1. The van der Waals surface area contributed by atoms with Crippen LogP contribution in [0.3, 0.4) is 0 Å². The third kappa shape index (κ3) is 4.68. The zero-order chi connectivity index (χ0) is 14.3. The van der Waals surface area contributed by atoms with E-state index in [0.29, 0.717) is 5.56 Å². The Hall–Kier alpha value is -1.93. The molecule has 1 atom stereocenters. The zero-order valence-corrected chi connectivity index (χ0v) is 10.7. The Morgan fingerprint density at radius 3 is 2.84 bits per heavy atom. The Morgan fingerprint density at radius 2 is 2.26 bits per heavy atom. The van der Waals surface area contributed by atoms with Gasteiger partial charge in [-0.05, 0) is 12.0 Å². The molecule has 0 saturated carbocycles. The molecular weight excluding hydrogens is 251 g/mol. The van der Waals surface area contributed by atoms with Crippen LogP contribution in [0, 0.1) is 10.1 Å². The van der Waals surface area contributed by atoms with E-state index in [1.165, 1.54) is 34.0 Å². The van der Waals surface area contributed by atoms with Crippen molar-refractivity contribution in [1.29, 1.82) is 0 Å². The minimum atomic E-state index is -0.660. The summed E-state index contributed by atoms with van der Waals surface area (Å²) in [4.78, 5) is 21.7. The Labute approximate surface area is 111 Å². The number of non-ortho nitro benzene ring substituents is 1. The molecule has 101 valence electrons. The molecule has 0 fully saturated rings. The van der Waals surface area contributed by atoms with Crippen LogP contribution in [0.5, 0.6) is 0 Å². The molecule has 1 rings (SSSR count). The van der Waals surface area contributed by atoms with Crippen molar-refractivity contribution in [2.24, 2.45) is 0 Å². The molecule has 0 saturated heterocycles. The summed E-state index contributed by atoms with van der Waals surface area (Å²) in [6, 6.07) is 5.43. The van der Waals surface area contributed by atoms with Crippen molar-refractivity contribution in [1.82, 2.24) is 5.23 Å². The molecule has 1 aromatic rings. The van der Waals surface area contributed by atoms with Crippen LogP contribution in [0.25, 0.3) is 0 Å². The van der Waals surface area contributed by atoms with Crippen LogP contribution in [0.2, 0.25) is 0 Å². The van der Waals surface area contributed by atoms with E-state index in [2.05, 4.69) is 9.96 Å². The van der Waals surface area contributed by atoms with Crippen LogP contribution in [0.1, 0.15) is 5.56 Å². The van der Waals surface area contributed by atoms with Gasteiger partial charge in [0.1, 0.15) is 6.04 Å². The number of nitrogens with zero attached hydrogens (tertiary/aromatic N) is 1. The molecule has 1 N–H and O–H groups in total. The number of benzene rings is 1. The quantitative estimate of drug-likeness (QED) is 0.333. The first-order valence-corrected chi connectivity index (χ1v) is 5.50. The molecule has 0 spiro atoms. The third-order valence-corrected chi connectivity index (χ3v) is 2.43. The number of carbonyl (C=O) groups excluding carboxylic acids is 1. The van der Waals surface area contributed by atoms with Gasteiger partial charge in [0.05, 0.1) is 12.0 Å². The maximum Gasteiger partial charge on any atom is 0.396 e. The lowest BCUT2D eigenvalue weighted by Crippen LogP contribution is -2.42. The number of esters is 1. The first kappa shape index (κ1) is 15.1. The number of hydrogen-bond donors (Lipinski definition) is 1. The molecule has 7 nitrogen and oxygen atoms in total. The molecule has 0 aliphatic rings. The fraction of sp³-hybridized carbons (Fsp3) is 0.364. The lowest BCUT2D eigenvalue weighted by Gasteiger charge is -2.15. The van der Waals surface area contributed by atoms with Gasteiger partial charge in [0.2, 0.25) is 0 Å². The van der Waals surface area contributed by atoms with Gasteiger partial charge in [-0.1, -0.05) is 12.1 Å². The van der Waals surface area contributed by atoms with Gasteiger partial charge in [-0.25, -0.2) is 0 Å². The molecule has 0 bridgehead atoms. The highest BCUT2D eigenvalue weighted by Crippen LogP contribution is 2.14. The summed E-state index contributed by atoms with van der Waals surface area (Å²) in [5.41, 5.74) is 0.637. The molecule has 0 aliphatic carbocycles. The number of carbonyl (C=O) groups is 1. The van der Waals surface area contributed by atoms with E-state index in [0.717, 1.165) is 0 Å². The number of methoxy groups -OCH3 is 1. The fourth-order valence-corrected chi connectivity index (χ4v) is 1.54.